The fourth-order valence-corrected chi connectivity index (χ4v) is 1.96. The maximum absolute atomic E-state index is 14.0. The van der Waals surface area contributed by atoms with Crippen LogP contribution in [0.15, 0.2) is 24.4 Å². The zero-order chi connectivity index (χ0) is 15.4. The smallest absolute Gasteiger partial charge is 0.281 e. The van der Waals surface area contributed by atoms with Crippen molar-refractivity contribution in [3.8, 4) is 5.75 Å². The zero-order valence-electron chi connectivity index (χ0n) is 11.8. The van der Waals surface area contributed by atoms with Crippen LogP contribution >= 0.6 is 0 Å². The molecule has 0 atom stereocenters. The highest BCUT2D eigenvalue weighted by molar-refractivity contribution is 5.92. The molecule has 2 rings (SSSR count). The number of aromatic nitrogens is 1. The van der Waals surface area contributed by atoms with Crippen LogP contribution in [0.5, 0.6) is 5.75 Å². The molecule has 0 aliphatic heterocycles. The van der Waals surface area contributed by atoms with E-state index in [0.29, 0.717) is 12.6 Å². The molecule has 1 aromatic carbocycles. The molecule has 0 saturated carbocycles. The predicted octanol–water partition coefficient (Wildman–Crippen LogP) is 2.66. The largest absolute Gasteiger partial charge is 0.487 e. The van der Waals surface area contributed by atoms with Gasteiger partial charge in [0, 0.05) is 18.8 Å². The zero-order valence-corrected chi connectivity index (χ0v) is 11.8. The number of nitrogens with one attached hydrogen (secondary N) is 1. The highest BCUT2D eigenvalue weighted by Gasteiger charge is 2.20. The average molecular weight is 293 g/mol. The van der Waals surface area contributed by atoms with E-state index < -0.39 is 10.7 Å². The standard InChI is InChI=1S/C14H16FN3O3/c1-9(2)16-6-7-21-14-11(15)8-12(18(19)20)10-4-3-5-17-13(10)14/h3-5,8-9,16H,6-7H2,1-2H3. The summed E-state index contributed by atoms with van der Waals surface area (Å²) in [7, 11) is 0. The molecule has 2 aromatic rings. The number of pyridine rings is 1. The third-order valence-corrected chi connectivity index (χ3v) is 2.88. The first-order chi connectivity index (χ1) is 10.0. The van der Waals surface area contributed by atoms with Crippen LogP contribution in [0.1, 0.15) is 13.8 Å². The number of nitro groups is 1. The van der Waals surface area contributed by atoms with Crippen LogP contribution < -0.4 is 10.1 Å². The molecule has 0 bridgehead atoms. The maximum atomic E-state index is 14.0. The van der Waals surface area contributed by atoms with E-state index in [-0.39, 0.29) is 28.9 Å². The van der Waals surface area contributed by atoms with Crippen LogP contribution in [-0.2, 0) is 0 Å². The van der Waals surface area contributed by atoms with Crippen LogP contribution in [0.2, 0.25) is 0 Å². The first-order valence-electron chi connectivity index (χ1n) is 6.58. The number of non-ortho nitro benzene ring substituents is 1. The minimum Gasteiger partial charge on any atom is -0.487 e. The molecule has 0 saturated heterocycles. The number of hydrogen-bond donors (Lipinski definition) is 1. The maximum Gasteiger partial charge on any atom is 0.281 e. The third-order valence-electron chi connectivity index (χ3n) is 2.88. The number of fused-ring (bicyclic) bond motifs is 1. The van der Waals surface area contributed by atoms with Crippen molar-refractivity contribution in [2.45, 2.75) is 19.9 Å². The minimum atomic E-state index is -0.780. The summed E-state index contributed by atoms with van der Waals surface area (Å²) < 4.78 is 19.4. The second-order valence-electron chi connectivity index (χ2n) is 4.82. The van der Waals surface area contributed by atoms with Crippen molar-refractivity contribution >= 4 is 16.6 Å². The van der Waals surface area contributed by atoms with Gasteiger partial charge in [-0.3, -0.25) is 15.1 Å². The quantitative estimate of drug-likeness (QED) is 0.503. The van der Waals surface area contributed by atoms with Crippen LogP contribution in [0.4, 0.5) is 10.1 Å². The SMILES string of the molecule is CC(C)NCCOc1c(F)cc([N+](=O)[O-])c2cccnc12. The molecule has 6 nitrogen and oxygen atoms in total. The number of nitrogens with zero attached hydrogens (tertiary/aromatic N) is 2. The van der Waals surface area contributed by atoms with Crippen LogP contribution in [0.25, 0.3) is 10.9 Å². The van der Waals surface area contributed by atoms with Gasteiger partial charge in [0.25, 0.3) is 5.69 Å². The third kappa shape index (κ3) is 3.43. The highest BCUT2D eigenvalue weighted by Crippen LogP contribution is 2.34. The van der Waals surface area contributed by atoms with Gasteiger partial charge in [-0.25, -0.2) is 4.39 Å². The molecule has 112 valence electrons. The van der Waals surface area contributed by atoms with Gasteiger partial charge in [-0.2, -0.15) is 0 Å². The van der Waals surface area contributed by atoms with E-state index in [0.717, 1.165) is 6.07 Å². The molecular formula is C14H16FN3O3. The van der Waals surface area contributed by atoms with Gasteiger partial charge in [0.2, 0.25) is 0 Å². The summed E-state index contributed by atoms with van der Waals surface area (Å²) in [5.74, 6) is -0.834. The lowest BCUT2D eigenvalue weighted by molar-refractivity contribution is -0.383. The number of ether oxygens (including phenoxy) is 1. The van der Waals surface area contributed by atoms with E-state index >= 15 is 0 Å². The molecule has 0 unspecified atom stereocenters. The number of hydrogen-bond acceptors (Lipinski definition) is 5. The molecule has 21 heavy (non-hydrogen) atoms. The molecule has 0 fully saturated rings. The number of halogens is 1. The Balaban J connectivity index is 2.33. The lowest BCUT2D eigenvalue weighted by Gasteiger charge is -2.12. The Morgan fingerprint density at radius 1 is 1.52 bits per heavy atom. The summed E-state index contributed by atoms with van der Waals surface area (Å²) in [5, 5.41) is 14.4. The van der Waals surface area contributed by atoms with E-state index in [4.69, 9.17) is 4.74 Å². The molecule has 1 heterocycles. The molecular weight excluding hydrogens is 277 g/mol. The summed E-state index contributed by atoms with van der Waals surface area (Å²) in [6.07, 6.45) is 1.45. The minimum absolute atomic E-state index is 0.0539. The Bertz CT molecular complexity index is 661. The van der Waals surface area contributed by atoms with Gasteiger partial charge < -0.3 is 10.1 Å². The van der Waals surface area contributed by atoms with Gasteiger partial charge >= 0.3 is 0 Å². The monoisotopic (exact) mass is 293 g/mol. The molecule has 0 spiro atoms. The predicted molar refractivity (Wildman–Crippen MR) is 77.0 cm³/mol. The molecule has 0 aliphatic rings. The molecule has 7 heteroatoms. The Kier molecular flexibility index (Phi) is 4.64. The average Bonchev–Trinajstić information content (AvgIpc) is 2.44. The van der Waals surface area contributed by atoms with Crippen molar-refractivity contribution in [2.24, 2.45) is 0 Å². The van der Waals surface area contributed by atoms with Crippen molar-refractivity contribution in [1.29, 1.82) is 0 Å². The second kappa shape index (κ2) is 6.45. The van der Waals surface area contributed by atoms with Gasteiger partial charge in [-0.15, -0.1) is 0 Å². The topological polar surface area (TPSA) is 77.3 Å². The van der Waals surface area contributed by atoms with Crippen molar-refractivity contribution < 1.29 is 14.1 Å². The fraction of sp³-hybridized carbons (Fsp3) is 0.357. The van der Waals surface area contributed by atoms with E-state index in [9.17, 15) is 14.5 Å². The summed E-state index contributed by atoms with van der Waals surface area (Å²) in [5.41, 5.74) is -0.156. The van der Waals surface area contributed by atoms with Crippen LogP contribution in [0.3, 0.4) is 0 Å². The number of nitro benzene ring substituents is 1. The summed E-state index contributed by atoms with van der Waals surface area (Å²) in [6.45, 7) is 4.77. The summed E-state index contributed by atoms with van der Waals surface area (Å²) >= 11 is 0. The van der Waals surface area contributed by atoms with Gasteiger partial charge in [0.1, 0.15) is 12.1 Å². The molecule has 0 amide bonds. The van der Waals surface area contributed by atoms with Crippen LogP contribution in [-0.4, -0.2) is 29.1 Å². The van der Waals surface area contributed by atoms with E-state index in [1.54, 1.807) is 6.07 Å². The lowest BCUT2D eigenvalue weighted by atomic mass is 10.1. The number of rotatable bonds is 6. The van der Waals surface area contributed by atoms with E-state index in [1.807, 2.05) is 13.8 Å². The Morgan fingerprint density at radius 2 is 2.29 bits per heavy atom. The van der Waals surface area contributed by atoms with Gasteiger partial charge in [0.05, 0.1) is 16.4 Å². The van der Waals surface area contributed by atoms with Gasteiger partial charge in [-0.1, -0.05) is 13.8 Å². The fourth-order valence-electron chi connectivity index (χ4n) is 1.96. The summed E-state index contributed by atoms with van der Waals surface area (Å²) in [4.78, 5) is 14.4. The van der Waals surface area contributed by atoms with Crippen molar-refractivity contribution in [1.82, 2.24) is 10.3 Å². The molecule has 1 aromatic heterocycles. The summed E-state index contributed by atoms with van der Waals surface area (Å²) in [6, 6.07) is 4.26. The Hall–Kier alpha value is -2.28. The first-order valence-corrected chi connectivity index (χ1v) is 6.58. The van der Waals surface area contributed by atoms with Crippen molar-refractivity contribution in [3.05, 3.63) is 40.3 Å². The second-order valence-corrected chi connectivity index (χ2v) is 4.82. The van der Waals surface area contributed by atoms with Crippen molar-refractivity contribution in [3.63, 3.8) is 0 Å². The number of benzene rings is 1. The van der Waals surface area contributed by atoms with Crippen molar-refractivity contribution in [2.75, 3.05) is 13.2 Å². The molecule has 1 N–H and O–H groups in total. The van der Waals surface area contributed by atoms with Crippen LogP contribution in [0, 0.1) is 15.9 Å². The first kappa shape index (κ1) is 15.1. The van der Waals surface area contributed by atoms with Gasteiger partial charge in [0.15, 0.2) is 11.6 Å². The van der Waals surface area contributed by atoms with E-state index in [2.05, 4.69) is 10.3 Å². The highest BCUT2D eigenvalue weighted by atomic mass is 19.1. The lowest BCUT2D eigenvalue weighted by Crippen LogP contribution is -2.27. The molecule has 0 radical (unpaired) electrons. The normalized spacial score (nSPS) is 11.0. The Labute approximate surface area is 121 Å². The molecule has 0 aliphatic carbocycles. The van der Waals surface area contributed by atoms with Gasteiger partial charge in [-0.05, 0) is 12.1 Å². The Morgan fingerprint density at radius 3 is 2.95 bits per heavy atom. The van der Waals surface area contributed by atoms with E-state index in [1.165, 1.54) is 12.3 Å².